The van der Waals surface area contributed by atoms with Gasteiger partial charge in [0.1, 0.15) is 0 Å². The molecule has 1 heterocycles. The molecule has 1 rings (SSSR count). The minimum Gasteiger partial charge on any atom is -0.315 e. The molecular weight excluding hydrogens is 92.1 g/mol. The predicted octanol–water partition coefficient (Wildman–Crippen LogP) is -1.38. The van der Waals surface area contributed by atoms with Gasteiger partial charge < -0.3 is 5.43 Å². The first kappa shape index (κ1) is 4.58. The molecule has 0 aliphatic carbocycles. The number of hydrogen-bond acceptors (Lipinski definition) is 4. The molecule has 1 aliphatic rings. The molecule has 0 fully saturated rings. The number of rotatable bonds is 0. The summed E-state index contributed by atoms with van der Waals surface area (Å²) in [6, 6.07) is 0. The summed E-state index contributed by atoms with van der Waals surface area (Å²) in [5.74, 6) is 0. The summed E-state index contributed by atoms with van der Waals surface area (Å²) in [4.78, 5) is 0. The van der Waals surface area contributed by atoms with Crippen molar-refractivity contribution in [3.8, 4) is 0 Å². The van der Waals surface area contributed by atoms with Gasteiger partial charge in [-0.25, -0.2) is 5.43 Å². The lowest BCUT2D eigenvalue weighted by atomic mass is 10.6. The largest absolute Gasteiger partial charge is 0.315 e. The molecule has 7 heavy (non-hydrogen) atoms. The molecule has 0 saturated heterocycles. The van der Waals surface area contributed by atoms with Gasteiger partial charge in [0, 0.05) is 12.7 Å². The Morgan fingerprint density at radius 1 is 1.29 bits per heavy atom. The SMILES string of the molecule is C1=CNNNNC1. The molecule has 40 valence electrons. The second kappa shape index (κ2) is 2.57. The van der Waals surface area contributed by atoms with Crippen LogP contribution in [-0.2, 0) is 0 Å². The third-order valence-corrected chi connectivity index (χ3v) is 0.644. The van der Waals surface area contributed by atoms with Gasteiger partial charge in [0.05, 0.1) is 0 Å². The molecule has 0 saturated carbocycles. The Kier molecular flexibility index (Phi) is 1.68. The number of hydrogen-bond donors (Lipinski definition) is 4. The van der Waals surface area contributed by atoms with Crippen LogP contribution in [0.25, 0.3) is 0 Å². The monoisotopic (exact) mass is 100 g/mol. The fourth-order valence-electron chi connectivity index (χ4n) is 0.350. The van der Waals surface area contributed by atoms with Crippen molar-refractivity contribution in [2.24, 2.45) is 0 Å². The normalized spacial score (nSPS) is 20.6. The van der Waals surface area contributed by atoms with E-state index in [9.17, 15) is 0 Å². The van der Waals surface area contributed by atoms with Gasteiger partial charge >= 0.3 is 0 Å². The first-order valence-corrected chi connectivity index (χ1v) is 2.13. The Hall–Kier alpha value is -0.580. The second-order valence-electron chi connectivity index (χ2n) is 1.18. The third kappa shape index (κ3) is 1.54. The molecule has 4 N–H and O–H groups in total. The van der Waals surface area contributed by atoms with E-state index in [1.807, 2.05) is 12.3 Å². The molecule has 0 aromatic carbocycles. The molecule has 0 spiro atoms. The molecule has 0 amide bonds. The van der Waals surface area contributed by atoms with E-state index >= 15 is 0 Å². The summed E-state index contributed by atoms with van der Waals surface area (Å²) in [6.45, 7) is 0.833. The molecule has 4 nitrogen and oxygen atoms in total. The van der Waals surface area contributed by atoms with E-state index in [4.69, 9.17) is 0 Å². The summed E-state index contributed by atoms with van der Waals surface area (Å²) >= 11 is 0. The van der Waals surface area contributed by atoms with Crippen LogP contribution in [0.15, 0.2) is 12.3 Å². The number of hydrazine groups is 3. The summed E-state index contributed by atoms with van der Waals surface area (Å²) in [5.41, 5.74) is 10.9. The summed E-state index contributed by atoms with van der Waals surface area (Å²) in [6.07, 6.45) is 3.76. The standard InChI is InChI=1S/C3H8N4/c1-2-4-6-7-5-3-1/h1-2,4-7H,3H2. The lowest BCUT2D eigenvalue weighted by Gasteiger charge is -1.99. The highest BCUT2D eigenvalue weighted by atomic mass is 15.7. The van der Waals surface area contributed by atoms with Crippen molar-refractivity contribution in [2.75, 3.05) is 6.54 Å². The minimum absolute atomic E-state index is 0.833. The predicted molar refractivity (Wildman–Crippen MR) is 26.5 cm³/mol. The quantitative estimate of drug-likeness (QED) is 0.303. The van der Waals surface area contributed by atoms with Crippen molar-refractivity contribution in [3.05, 3.63) is 12.3 Å². The van der Waals surface area contributed by atoms with Crippen LogP contribution in [0.3, 0.4) is 0 Å². The molecule has 1 aliphatic heterocycles. The van der Waals surface area contributed by atoms with Gasteiger partial charge in [-0.2, -0.15) is 11.1 Å². The van der Waals surface area contributed by atoms with Crippen molar-refractivity contribution < 1.29 is 0 Å². The van der Waals surface area contributed by atoms with E-state index in [-0.39, 0.29) is 0 Å². The average molecular weight is 100 g/mol. The van der Waals surface area contributed by atoms with Gasteiger partial charge in [0.2, 0.25) is 0 Å². The topological polar surface area (TPSA) is 48.1 Å². The molecule has 0 radical (unpaired) electrons. The van der Waals surface area contributed by atoms with E-state index < -0.39 is 0 Å². The van der Waals surface area contributed by atoms with Crippen molar-refractivity contribution >= 4 is 0 Å². The van der Waals surface area contributed by atoms with Crippen LogP contribution in [0, 0.1) is 0 Å². The average Bonchev–Trinajstić information content (AvgIpc) is 1.90. The van der Waals surface area contributed by atoms with Gasteiger partial charge in [0.15, 0.2) is 0 Å². The highest BCUT2D eigenvalue weighted by molar-refractivity contribution is 4.80. The summed E-state index contributed by atoms with van der Waals surface area (Å²) < 4.78 is 0. The minimum atomic E-state index is 0.833. The summed E-state index contributed by atoms with van der Waals surface area (Å²) in [7, 11) is 0. The molecule has 4 heteroatoms. The van der Waals surface area contributed by atoms with E-state index in [0.717, 1.165) is 6.54 Å². The molecule has 0 atom stereocenters. The Bertz CT molecular complexity index is 61.3. The van der Waals surface area contributed by atoms with E-state index in [1.54, 1.807) is 0 Å². The highest BCUT2D eigenvalue weighted by Gasteiger charge is 1.80. The van der Waals surface area contributed by atoms with Crippen LogP contribution >= 0.6 is 0 Å². The van der Waals surface area contributed by atoms with E-state index in [1.165, 1.54) is 0 Å². The van der Waals surface area contributed by atoms with E-state index in [0.29, 0.717) is 0 Å². The van der Waals surface area contributed by atoms with Gasteiger partial charge in [-0.15, -0.1) is 0 Å². The zero-order valence-corrected chi connectivity index (χ0v) is 3.86. The van der Waals surface area contributed by atoms with E-state index in [2.05, 4.69) is 21.9 Å². The number of nitrogens with one attached hydrogen (secondary N) is 4. The molecule has 0 aromatic rings. The Labute approximate surface area is 41.9 Å². The molecular formula is C3H8N4. The van der Waals surface area contributed by atoms with Crippen LogP contribution in [0.2, 0.25) is 0 Å². The van der Waals surface area contributed by atoms with Crippen molar-refractivity contribution in [2.45, 2.75) is 0 Å². The second-order valence-corrected chi connectivity index (χ2v) is 1.18. The zero-order valence-electron chi connectivity index (χ0n) is 3.86. The van der Waals surface area contributed by atoms with Crippen LogP contribution in [-0.4, -0.2) is 6.54 Å². The Balaban J connectivity index is 2.20. The Morgan fingerprint density at radius 3 is 3.29 bits per heavy atom. The van der Waals surface area contributed by atoms with Crippen LogP contribution in [0.5, 0.6) is 0 Å². The third-order valence-electron chi connectivity index (χ3n) is 0.644. The van der Waals surface area contributed by atoms with Crippen molar-refractivity contribution in [3.63, 3.8) is 0 Å². The molecule has 0 unspecified atom stereocenters. The first-order chi connectivity index (χ1) is 3.50. The first-order valence-electron chi connectivity index (χ1n) is 2.13. The highest BCUT2D eigenvalue weighted by Crippen LogP contribution is 1.62. The fourth-order valence-corrected chi connectivity index (χ4v) is 0.350. The lowest BCUT2D eigenvalue weighted by molar-refractivity contribution is 0.432. The Morgan fingerprint density at radius 2 is 2.29 bits per heavy atom. The maximum Gasteiger partial charge on any atom is 0.0312 e. The van der Waals surface area contributed by atoms with Crippen LogP contribution < -0.4 is 21.9 Å². The van der Waals surface area contributed by atoms with Crippen LogP contribution in [0.1, 0.15) is 0 Å². The molecule has 0 aromatic heterocycles. The zero-order chi connectivity index (χ0) is 4.95. The maximum atomic E-state index is 2.84. The smallest absolute Gasteiger partial charge is 0.0312 e. The maximum absolute atomic E-state index is 2.84. The van der Waals surface area contributed by atoms with Crippen LogP contribution in [0.4, 0.5) is 0 Å². The fraction of sp³-hybridized carbons (Fsp3) is 0.333. The van der Waals surface area contributed by atoms with Gasteiger partial charge in [-0.1, -0.05) is 6.08 Å². The van der Waals surface area contributed by atoms with Gasteiger partial charge in [-0.05, 0) is 0 Å². The van der Waals surface area contributed by atoms with Crippen molar-refractivity contribution in [1.82, 2.24) is 21.9 Å². The van der Waals surface area contributed by atoms with Gasteiger partial charge in [-0.3, -0.25) is 0 Å². The van der Waals surface area contributed by atoms with Crippen molar-refractivity contribution in [1.29, 1.82) is 0 Å². The molecule has 0 bridgehead atoms. The lowest BCUT2D eigenvalue weighted by Crippen LogP contribution is -2.46. The summed E-state index contributed by atoms with van der Waals surface area (Å²) in [5, 5.41) is 0. The van der Waals surface area contributed by atoms with Gasteiger partial charge in [0.25, 0.3) is 0 Å².